The van der Waals surface area contributed by atoms with Crippen molar-refractivity contribution in [3.05, 3.63) is 57.8 Å². The first-order valence-corrected chi connectivity index (χ1v) is 9.08. The highest BCUT2D eigenvalue weighted by molar-refractivity contribution is 5.78. The number of nitrogens with one attached hydrogen (secondary N) is 1. The molecule has 25 heavy (non-hydrogen) atoms. The van der Waals surface area contributed by atoms with Gasteiger partial charge in [-0.15, -0.1) is 0 Å². The van der Waals surface area contributed by atoms with Gasteiger partial charge in [-0.3, -0.25) is 4.79 Å². The van der Waals surface area contributed by atoms with Crippen LogP contribution < -0.4 is 5.32 Å². The molecule has 0 atom stereocenters. The smallest absolute Gasteiger partial charge is 0.223 e. The van der Waals surface area contributed by atoms with E-state index in [1.807, 2.05) is 18.9 Å². The summed E-state index contributed by atoms with van der Waals surface area (Å²) < 4.78 is 0. The number of fused-ring (bicyclic) bond motifs is 2. The maximum atomic E-state index is 12.9. The summed E-state index contributed by atoms with van der Waals surface area (Å²) in [6, 6.07) is 8.58. The van der Waals surface area contributed by atoms with E-state index in [0.717, 1.165) is 30.9 Å². The Labute approximate surface area is 149 Å². The summed E-state index contributed by atoms with van der Waals surface area (Å²) in [4.78, 5) is 19.5. The van der Waals surface area contributed by atoms with E-state index in [1.165, 1.54) is 27.8 Å². The van der Waals surface area contributed by atoms with Crippen molar-refractivity contribution in [1.82, 2.24) is 9.88 Å². The average molecular weight is 335 g/mol. The van der Waals surface area contributed by atoms with Crippen LogP contribution in [0, 0.1) is 19.8 Å². The molecule has 0 spiro atoms. The second-order valence-electron chi connectivity index (χ2n) is 7.37. The highest BCUT2D eigenvalue weighted by Gasteiger charge is 2.31. The summed E-state index contributed by atoms with van der Waals surface area (Å²) in [5, 5.41) is 3.19. The molecule has 130 valence electrons. The second-order valence-corrected chi connectivity index (χ2v) is 7.37. The van der Waals surface area contributed by atoms with Crippen LogP contribution in [0.2, 0.25) is 0 Å². The Morgan fingerprint density at radius 3 is 2.44 bits per heavy atom. The first-order valence-electron chi connectivity index (χ1n) is 9.08. The lowest BCUT2D eigenvalue weighted by molar-refractivity contribution is -0.132. The van der Waals surface area contributed by atoms with E-state index in [-0.39, 0.29) is 5.91 Å². The number of aryl methyl sites for hydroxylation is 1. The molecular formula is C21H25N3O. The molecule has 1 aliphatic heterocycles. The molecule has 1 aliphatic carbocycles. The summed E-state index contributed by atoms with van der Waals surface area (Å²) in [7, 11) is 1.90. The molecule has 1 aromatic carbocycles. The van der Waals surface area contributed by atoms with Gasteiger partial charge in [-0.05, 0) is 54.9 Å². The minimum atomic E-state index is 0.271. The van der Waals surface area contributed by atoms with E-state index in [4.69, 9.17) is 0 Å². The van der Waals surface area contributed by atoms with Gasteiger partial charge in [-0.2, -0.15) is 0 Å². The zero-order valence-electron chi connectivity index (χ0n) is 15.2. The SMILES string of the molecule is CNc1nc(C)c(C)c2c1CN(C(=O)CC1Cc3ccccc3C1)C2. The third kappa shape index (κ3) is 2.80. The van der Waals surface area contributed by atoms with Crippen molar-refractivity contribution in [2.45, 2.75) is 46.2 Å². The van der Waals surface area contributed by atoms with Crippen LogP contribution >= 0.6 is 0 Å². The molecule has 4 rings (SSSR count). The van der Waals surface area contributed by atoms with E-state index in [2.05, 4.69) is 41.5 Å². The van der Waals surface area contributed by atoms with Gasteiger partial charge in [0.05, 0.1) is 0 Å². The molecule has 4 heteroatoms. The minimum Gasteiger partial charge on any atom is -0.373 e. The first kappa shape index (κ1) is 16.1. The number of aromatic nitrogens is 1. The van der Waals surface area contributed by atoms with Gasteiger partial charge < -0.3 is 10.2 Å². The summed E-state index contributed by atoms with van der Waals surface area (Å²) in [6.45, 7) is 5.55. The molecule has 1 aromatic heterocycles. The number of amides is 1. The second kappa shape index (κ2) is 6.17. The predicted molar refractivity (Wildman–Crippen MR) is 99.5 cm³/mol. The maximum absolute atomic E-state index is 12.9. The standard InChI is InChI=1S/C21H25N3O/c1-13-14(2)23-21(22-3)19-12-24(11-18(13)19)20(25)10-15-8-16-6-4-5-7-17(16)9-15/h4-7,15H,8-12H2,1-3H3,(H,22,23). The normalized spacial score (nSPS) is 16.0. The van der Waals surface area contributed by atoms with Crippen molar-refractivity contribution >= 4 is 11.7 Å². The molecule has 0 unspecified atom stereocenters. The van der Waals surface area contributed by atoms with Crippen LogP contribution in [0.4, 0.5) is 5.82 Å². The zero-order chi connectivity index (χ0) is 17.6. The molecule has 0 fully saturated rings. The van der Waals surface area contributed by atoms with Gasteiger partial charge in [0.1, 0.15) is 5.82 Å². The summed E-state index contributed by atoms with van der Waals surface area (Å²) in [5.41, 5.74) is 7.56. The molecule has 0 saturated heterocycles. The fourth-order valence-electron chi connectivity index (χ4n) is 4.28. The summed E-state index contributed by atoms with van der Waals surface area (Å²) in [6.07, 6.45) is 2.71. The molecule has 1 amide bonds. The fraction of sp³-hybridized carbons (Fsp3) is 0.429. The first-order chi connectivity index (χ1) is 12.1. The topological polar surface area (TPSA) is 45.2 Å². The molecule has 2 aliphatic rings. The number of benzene rings is 1. The minimum absolute atomic E-state index is 0.271. The third-order valence-corrected chi connectivity index (χ3v) is 5.81. The Morgan fingerprint density at radius 2 is 1.80 bits per heavy atom. The van der Waals surface area contributed by atoms with E-state index >= 15 is 0 Å². The van der Waals surface area contributed by atoms with E-state index < -0.39 is 0 Å². The van der Waals surface area contributed by atoms with Gasteiger partial charge in [0, 0.05) is 37.8 Å². The number of hydrogen-bond acceptors (Lipinski definition) is 3. The molecule has 1 N–H and O–H groups in total. The Kier molecular flexibility index (Phi) is 3.98. The van der Waals surface area contributed by atoms with E-state index in [0.29, 0.717) is 18.9 Å². The number of rotatable bonds is 3. The van der Waals surface area contributed by atoms with Crippen LogP contribution in [-0.2, 0) is 30.7 Å². The van der Waals surface area contributed by atoms with Crippen LogP contribution in [0.15, 0.2) is 24.3 Å². The molecular weight excluding hydrogens is 310 g/mol. The molecule has 0 bridgehead atoms. The quantitative estimate of drug-likeness (QED) is 0.935. The van der Waals surface area contributed by atoms with E-state index in [9.17, 15) is 4.79 Å². The van der Waals surface area contributed by atoms with Crippen molar-refractivity contribution in [3.63, 3.8) is 0 Å². The molecule has 0 radical (unpaired) electrons. The van der Waals surface area contributed by atoms with E-state index in [1.54, 1.807) is 0 Å². The van der Waals surface area contributed by atoms with Crippen molar-refractivity contribution in [3.8, 4) is 0 Å². The van der Waals surface area contributed by atoms with Gasteiger partial charge in [0.25, 0.3) is 0 Å². The van der Waals surface area contributed by atoms with Crippen LogP contribution in [0.1, 0.15) is 39.9 Å². The third-order valence-electron chi connectivity index (χ3n) is 5.81. The lowest BCUT2D eigenvalue weighted by atomic mass is 10.0. The largest absolute Gasteiger partial charge is 0.373 e. The molecule has 2 heterocycles. The highest BCUT2D eigenvalue weighted by atomic mass is 16.2. The van der Waals surface area contributed by atoms with Crippen LogP contribution in [-0.4, -0.2) is 22.8 Å². The van der Waals surface area contributed by atoms with Gasteiger partial charge >= 0.3 is 0 Å². The Hall–Kier alpha value is -2.36. The molecule has 0 saturated carbocycles. The summed E-state index contributed by atoms with van der Waals surface area (Å²) >= 11 is 0. The molecule has 2 aromatic rings. The van der Waals surface area contributed by atoms with Crippen molar-refractivity contribution in [2.75, 3.05) is 12.4 Å². The number of pyridine rings is 1. The highest BCUT2D eigenvalue weighted by Crippen LogP contribution is 2.34. The number of nitrogens with zero attached hydrogens (tertiary/aromatic N) is 2. The number of anilines is 1. The lowest BCUT2D eigenvalue weighted by Gasteiger charge is -2.18. The molecule has 4 nitrogen and oxygen atoms in total. The Balaban J connectivity index is 1.47. The maximum Gasteiger partial charge on any atom is 0.223 e. The number of carbonyl (C=O) groups excluding carboxylic acids is 1. The van der Waals surface area contributed by atoms with Crippen molar-refractivity contribution in [2.24, 2.45) is 5.92 Å². The number of hydrogen-bond donors (Lipinski definition) is 1. The monoisotopic (exact) mass is 335 g/mol. The summed E-state index contributed by atoms with van der Waals surface area (Å²) in [5.74, 6) is 1.63. The van der Waals surface area contributed by atoms with Crippen molar-refractivity contribution < 1.29 is 4.79 Å². The van der Waals surface area contributed by atoms with Gasteiger partial charge in [-0.25, -0.2) is 4.98 Å². The Bertz CT molecular complexity index is 818. The van der Waals surface area contributed by atoms with Crippen LogP contribution in [0.3, 0.4) is 0 Å². The van der Waals surface area contributed by atoms with Crippen LogP contribution in [0.25, 0.3) is 0 Å². The van der Waals surface area contributed by atoms with Crippen LogP contribution in [0.5, 0.6) is 0 Å². The van der Waals surface area contributed by atoms with Crippen molar-refractivity contribution in [1.29, 1.82) is 0 Å². The van der Waals surface area contributed by atoms with Gasteiger partial charge in [-0.1, -0.05) is 24.3 Å². The fourth-order valence-corrected chi connectivity index (χ4v) is 4.28. The lowest BCUT2D eigenvalue weighted by Crippen LogP contribution is -2.27. The zero-order valence-corrected chi connectivity index (χ0v) is 15.2. The van der Waals surface area contributed by atoms with Gasteiger partial charge in [0.2, 0.25) is 5.91 Å². The predicted octanol–water partition coefficient (Wildman–Crippen LogP) is 3.39. The average Bonchev–Trinajstić information content (AvgIpc) is 3.22. The van der Waals surface area contributed by atoms with Gasteiger partial charge in [0.15, 0.2) is 0 Å². The Morgan fingerprint density at radius 1 is 1.16 bits per heavy atom. The number of carbonyl (C=O) groups is 1.